The second-order valence-corrected chi connectivity index (χ2v) is 6.32. The molecule has 120 valence electrons. The van der Waals surface area contributed by atoms with E-state index >= 15 is 0 Å². The average molecular weight is 291 g/mol. The third kappa shape index (κ3) is 5.44. The molecule has 0 spiro atoms. The molecule has 0 aromatic heterocycles. The summed E-state index contributed by atoms with van der Waals surface area (Å²) in [5.74, 6) is 0. The minimum absolute atomic E-state index is 0.148. The predicted molar refractivity (Wildman–Crippen MR) is 91.6 cm³/mol. The molecule has 0 saturated carbocycles. The zero-order valence-electron chi connectivity index (χ0n) is 14.5. The molecule has 2 nitrogen and oxygen atoms in total. The molecule has 0 heterocycles. The van der Waals surface area contributed by atoms with E-state index < -0.39 is 6.10 Å². The summed E-state index contributed by atoms with van der Waals surface area (Å²) >= 11 is 0. The maximum atomic E-state index is 10.7. The van der Waals surface area contributed by atoms with Crippen LogP contribution in [0.4, 0.5) is 0 Å². The molecule has 2 atom stereocenters. The first-order valence-electron chi connectivity index (χ1n) is 8.53. The van der Waals surface area contributed by atoms with Crippen LogP contribution in [0.25, 0.3) is 0 Å². The van der Waals surface area contributed by atoms with Crippen LogP contribution in [0.15, 0.2) is 24.3 Å². The van der Waals surface area contributed by atoms with Gasteiger partial charge in [0.1, 0.15) is 0 Å². The molecule has 0 fully saturated rings. The zero-order chi connectivity index (χ0) is 15.8. The standard InChI is InChI=1S/C19H33NO/c1-6-8-9-14-20(15(3)4)16(5)19(21)18-12-10-17(7-2)11-13-18/h10-13,15-16,19,21H,6-9,14H2,1-5H3. The van der Waals surface area contributed by atoms with Crippen LogP contribution < -0.4 is 0 Å². The number of aliphatic hydroxyl groups is 1. The Morgan fingerprint density at radius 1 is 1.00 bits per heavy atom. The van der Waals surface area contributed by atoms with E-state index in [4.69, 9.17) is 0 Å². The Hall–Kier alpha value is -0.860. The molecule has 0 aliphatic rings. The molecule has 0 bridgehead atoms. The molecule has 0 saturated heterocycles. The van der Waals surface area contributed by atoms with Crippen LogP contribution in [0, 0.1) is 0 Å². The summed E-state index contributed by atoms with van der Waals surface area (Å²) in [6.45, 7) is 12.0. The van der Waals surface area contributed by atoms with Crippen molar-refractivity contribution in [1.82, 2.24) is 4.90 Å². The summed E-state index contributed by atoms with van der Waals surface area (Å²) in [6, 6.07) is 9.01. The van der Waals surface area contributed by atoms with Crippen molar-refractivity contribution in [2.75, 3.05) is 6.54 Å². The molecule has 0 aliphatic heterocycles. The third-order valence-electron chi connectivity index (χ3n) is 4.39. The number of hydrogen-bond acceptors (Lipinski definition) is 2. The first-order valence-corrected chi connectivity index (χ1v) is 8.53. The Morgan fingerprint density at radius 3 is 2.10 bits per heavy atom. The van der Waals surface area contributed by atoms with E-state index in [0.717, 1.165) is 18.5 Å². The van der Waals surface area contributed by atoms with E-state index in [2.05, 4.69) is 63.8 Å². The van der Waals surface area contributed by atoms with Crippen LogP contribution in [0.3, 0.4) is 0 Å². The molecule has 0 aliphatic carbocycles. The van der Waals surface area contributed by atoms with Crippen LogP contribution >= 0.6 is 0 Å². The summed E-state index contributed by atoms with van der Waals surface area (Å²) < 4.78 is 0. The van der Waals surface area contributed by atoms with E-state index in [-0.39, 0.29) is 6.04 Å². The lowest BCUT2D eigenvalue weighted by Crippen LogP contribution is -2.42. The van der Waals surface area contributed by atoms with Gasteiger partial charge in [0.2, 0.25) is 0 Å². The van der Waals surface area contributed by atoms with Crippen molar-refractivity contribution < 1.29 is 5.11 Å². The van der Waals surface area contributed by atoms with E-state index in [9.17, 15) is 5.11 Å². The van der Waals surface area contributed by atoms with Gasteiger partial charge in [-0.3, -0.25) is 4.90 Å². The highest BCUT2D eigenvalue weighted by atomic mass is 16.3. The minimum Gasteiger partial charge on any atom is -0.387 e. The SMILES string of the molecule is CCCCCN(C(C)C)C(C)C(O)c1ccc(CC)cc1. The Morgan fingerprint density at radius 2 is 1.62 bits per heavy atom. The van der Waals surface area contributed by atoms with Crippen LogP contribution in [-0.4, -0.2) is 28.6 Å². The van der Waals surface area contributed by atoms with E-state index in [1.165, 1.54) is 24.8 Å². The third-order valence-corrected chi connectivity index (χ3v) is 4.39. The summed E-state index contributed by atoms with van der Waals surface area (Å²) in [7, 11) is 0. The fraction of sp³-hybridized carbons (Fsp3) is 0.684. The van der Waals surface area contributed by atoms with Crippen molar-refractivity contribution >= 4 is 0 Å². The topological polar surface area (TPSA) is 23.5 Å². The van der Waals surface area contributed by atoms with Crippen LogP contribution in [0.5, 0.6) is 0 Å². The zero-order valence-corrected chi connectivity index (χ0v) is 14.5. The largest absolute Gasteiger partial charge is 0.387 e. The molecule has 1 N–H and O–H groups in total. The molecule has 2 unspecified atom stereocenters. The smallest absolute Gasteiger partial charge is 0.0942 e. The summed E-state index contributed by atoms with van der Waals surface area (Å²) in [5.41, 5.74) is 2.35. The number of hydrogen-bond donors (Lipinski definition) is 1. The van der Waals surface area contributed by atoms with Crippen LogP contribution in [0.2, 0.25) is 0 Å². The van der Waals surface area contributed by atoms with Gasteiger partial charge >= 0.3 is 0 Å². The molecule has 2 heteroatoms. The van der Waals surface area contributed by atoms with E-state index in [0.29, 0.717) is 6.04 Å². The molecule has 1 aromatic rings. The van der Waals surface area contributed by atoms with E-state index in [1.54, 1.807) is 0 Å². The predicted octanol–water partition coefficient (Wildman–Crippen LogP) is 4.57. The molecule has 0 radical (unpaired) electrons. The van der Waals surface area contributed by atoms with Gasteiger partial charge < -0.3 is 5.11 Å². The Kier molecular flexibility index (Phi) is 7.98. The second kappa shape index (κ2) is 9.22. The van der Waals surface area contributed by atoms with Gasteiger partial charge in [-0.25, -0.2) is 0 Å². The Bertz CT molecular complexity index is 385. The van der Waals surface area contributed by atoms with Crippen molar-refractivity contribution in [3.63, 3.8) is 0 Å². The number of benzene rings is 1. The highest BCUT2D eigenvalue weighted by molar-refractivity contribution is 5.25. The Balaban J connectivity index is 2.73. The van der Waals surface area contributed by atoms with Gasteiger partial charge in [0, 0.05) is 12.1 Å². The van der Waals surface area contributed by atoms with Gasteiger partial charge in [-0.05, 0) is 51.3 Å². The maximum absolute atomic E-state index is 10.7. The van der Waals surface area contributed by atoms with E-state index in [1.807, 2.05) is 0 Å². The lowest BCUT2D eigenvalue weighted by atomic mass is 9.99. The van der Waals surface area contributed by atoms with Crippen molar-refractivity contribution in [3.05, 3.63) is 35.4 Å². The van der Waals surface area contributed by atoms with Crippen molar-refractivity contribution in [1.29, 1.82) is 0 Å². The quantitative estimate of drug-likeness (QED) is 0.674. The number of aryl methyl sites for hydroxylation is 1. The van der Waals surface area contributed by atoms with Gasteiger partial charge in [0.15, 0.2) is 0 Å². The first-order chi connectivity index (χ1) is 10.0. The summed E-state index contributed by atoms with van der Waals surface area (Å²) in [4.78, 5) is 2.42. The van der Waals surface area contributed by atoms with Crippen LogP contribution in [-0.2, 0) is 6.42 Å². The fourth-order valence-electron chi connectivity index (χ4n) is 2.89. The molecule has 1 aromatic carbocycles. The average Bonchev–Trinajstić information content (AvgIpc) is 2.50. The Labute approximate surface area is 131 Å². The van der Waals surface area contributed by atoms with Crippen molar-refractivity contribution in [2.45, 2.75) is 78.5 Å². The number of rotatable bonds is 9. The minimum atomic E-state index is -0.417. The van der Waals surface area contributed by atoms with Crippen molar-refractivity contribution in [2.24, 2.45) is 0 Å². The van der Waals surface area contributed by atoms with Crippen molar-refractivity contribution in [3.8, 4) is 0 Å². The monoisotopic (exact) mass is 291 g/mol. The van der Waals surface area contributed by atoms with Gasteiger partial charge in [-0.15, -0.1) is 0 Å². The molecular weight excluding hydrogens is 258 g/mol. The lowest BCUT2D eigenvalue weighted by molar-refractivity contribution is 0.0391. The second-order valence-electron chi connectivity index (χ2n) is 6.32. The molecule has 0 amide bonds. The molecule has 21 heavy (non-hydrogen) atoms. The number of aliphatic hydroxyl groups excluding tert-OH is 1. The lowest BCUT2D eigenvalue weighted by Gasteiger charge is -2.35. The van der Waals surface area contributed by atoms with Gasteiger partial charge in [0.25, 0.3) is 0 Å². The molecule has 1 rings (SSSR count). The summed E-state index contributed by atoms with van der Waals surface area (Å²) in [5, 5.41) is 10.7. The fourth-order valence-corrected chi connectivity index (χ4v) is 2.89. The van der Waals surface area contributed by atoms with Gasteiger partial charge in [-0.2, -0.15) is 0 Å². The summed E-state index contributed by atoms with van der Waals surface area (Å²) in [6.07, 6.45) is 4.33. The number of unbranched alkanes of at least 4 members (excludes halogenated alkanes) is 2. The molecular formula is C19H33NO. The maximum Gasteiger partial charge on any atom is 0.0942 e. The number of nitrogens with zero attached hydrogens (tertiary/aromatic N) is 1. The first kappa shape index (κ1) is 18.2. The highest BCUT2D eigenvalue weighted by Gasteiger charge is 2.24. The van der Waals surface area contributed by atoms with Crippen LogP contribution in [0.1, 0.15) is 71.1 Å². The highest BCUT2D eigenvalue weighted by Crippen LogP contribution is 2.23. The van der Waals surface area contributed by atoms with Gasteiger partial charge in [-0.1, -0.05) is 51.0 Å². The van der Waals surface area contributed by atoms with Gasteiger partial charge in [0.05, 0.1) is 6.10 Å². The normalized spacial score (nSPS) is 14.7.